The van der Waals surface area contributed by atoms with Gasteiger partial charge in [0.1, 0.15) is 18.1 Å². The Morgan fingerprint density at radius 2 is 1.69 bits per heavy atom. The molecule has 0 unspecified atom stereocenters. The van der Waals surface area contributed by atoms with Crippen LogP contribution in [0, 0.1) is 13.8 Å². The van der Waals surface area contributed by atoms with Crippen molar-refractivity contribution in [3.05, 3.63) is 70.4 Å². The third-order valence-electron chi connectivity index (χ3n) is 3.82. The number of hydrogen-bond donors (Lipinski definition) is 1. The highest BCUT2D eigenvalue weighted by molar-refractivity contribution is 5.97. The molecule has 0 aliphatic rings. The molecule has 2 aromatic carbocycles. The molecule has 0 atom stereocenters. The second-order valence-corrected chi connectivity index (χ2v) is 5.98. The first kappa shape index (κ1) is 19.2. The maximum Gasteiger partial charge on any atom is 0.354 e. The smallest absolute Gasteiger partial charge is 0.354 e. The Hall–Kier alpha value is -3.08. The fraction of sp³-hybridized carbons (Fsp3) is 0.238. The van der Waals surface area contributed by atoms with E-state index in [1.807, 2.05) is 56.3 Å². The highest BCUT2D eigenvalue weighted by Crippen LogP contribution is 2.24. The van der Waals surface area contributed by atoms with Crippen molar-refractivity contribution < 1.29 is 19.1 Å². The molecule has 0 heterocycles. The molecule has 2 rings (SSSR count). The van der Waals surface area contributed by atoms with Crippen molar-refractivity contribution in [1.82, 2.24) is 5.32 Å². The highest BCUT2D eigenvalue weighted by atomic mass is 16.5. The molecule has 1 N–H and O–H groups in total. The molecule has 0 saturated carbocycles. The number of hydrogen-bond acceptors (Lipinski definition) is 4. The van der Waals surface area contributed by atoms with E-state index in [-0.39, 0.29) is 11.6 Å². The van der Waals surface area contributed by atoms with Gasteiger partial charge < -0.3 is 14.8 Å². The van der Waals surface area contributed by atoms with E-state index in [2.05, 4.69) is 5.32 Å². The molecule has 136 valence electrons. The van der Waals surface area contributed by atoms with Crippen molar-refractivity contribution in [2.24, 2.45) is 0 Å². The van der Waals surface area contributed by atoms with Crippen LogP contribution in [0.1, 0.15) is 29.2 Å². The van der Waals surface area contributed by atoms with E-state index >= 15 is 0 Å². The largest absolute Gasteiger partial charge is 0.489 e. The van der Waals surface area contributed by atoms with Gasteiger partial charge in [-0.3, -0.25) is 4.79 Å². The zero-order valence-corrected chi connectivity index (χ0v) is 15.5. The van der Waals surface area contributed by atoms with Crippen molar-refractivity contribution in [1.29, 1.82) is 0 Å². The van der Waals surface area contributed by atoms with Gasteiger partial charge in [0.2, 0.25) is 5.91 Å². The number of methoxy groups -OCH3 is 1. The molecule has 0 aliphatic carbocycles. The Morgan fingerprint density at radius 1 is 1.08 bits per heavy atom. The second kappa shape index (κ2) is 8.85. The minimum atomic E-state index is -0.594. The van der Waals surface area contributed by atoms with E-state index in [0.717, 1.165) is 28.0 Å². The minimum Gasteiger partial charge on any atom is -0.489 e. The van der Waals surface area contributed by atoms with Gasteiger partial charge >= 0.3 is 5.97 Å². The van der Waals surface area contributed by atoms with Crippen LogP contribution in [0.5, 0.6) is 5.75 Å². The Kier molecular flexibility index (Phi) is 6.55. The van der Waals surface area contributed by atoms with Crippen molar-refractivity contribution in [2.75, 3.05) is 7.11 Å². The molecular formula is C21H23NO4. The number of amides is 1. The first-order valence-electron chi connectivity index (χ1n) is 8.26. The molecule has 5 nitrogen and oxygen atoms in total. The minimum absolute atomic E-state index is 0.101. The number of carbonyl (C=O) groups is 2. The zero-order valence-electron chi connectivity index (χ0n) is 15.5. The summed E-state index contributed by atoms with van der Waals surface area (Å²) in [6.07, 6.45) is 1.62. The summed E-state index contributed by atoms with van der Waals surface area (Å²) in [7, 11) is 1.28. The first-order valence-corrected chi connectivity index (χ1v) is 8.26. The third-order valence-corrected chi connectivity index (χ3v) is 3.82. The molecule has 0 fully saturated rings. The van der Waals surface area contributed by atoms with Crippen LogP contribution < -0.4 is 10.1 Å². The quantitative estimate of drug-likeness (QED) is 0.637. The van der Waals surface area contributed by atoms with Crippen molar-refractivity contribution in [2.45, 2.75) is 27.4 Å². The maximum atomic E-state index is 11.9. The average Bonchev–Trinajstić information content (AvgIpc) is 2.61. The van der Waals surface area contributed by atoms with Crippen LogP contribution in [-0.4, -0.2) is 19.0 Å². The highest BCUT2D eigenvalue weighted by Gasteiger charge is 2.13. The number of nitrogens with one attached hydrogen (secondary N) is 1. The Balaban J connectivity index is 2.26. The summed E-state index contributed by atoms with van der Waals surface area (Å²) in [6, 6.07) is 13.7. The van der Waals surface area contributed by atoms with Gasteiger partial charge in [0.15, 0.2) is 0 Å². The lowest BCUT2D eigenvalue weighted by molar-refractivity contribution is -0.137. The molecule has 1 amide bonds. The Bertz CT molecular complexity index is 802. The number of carbonyl (C=O) groups excluding carboxylic acids is 2. The lowest BCUT2D eigenvalue weighted by atomic mass is 10.0. The molecule has 0 aliphatic heterocycles. The number of rotatable bonds is 6. The van der Waals surface area contributed by atoms with Crippen LogP contribution in [0.2, 0.25) is 0 Å². The Labute approximate surface area is 153 Å². The third kappa shape index (κ3) is 5.21. The molecule has 0 saturated heterocycles. The van der Waals surface area contributed by atoms with Gasteiger partial charge in [-0.25, -0.2) is 4.79 Å². The molecule has 5 heteroatoms. The van der Waals surface area contributed by atoms with Gasteiger partial charge in [-0.2, -0.15) is 0 Å². The van der Waals surface area contributed by atoms with Crippen molar-refractivity contribution >= 4 is 18.0 Å². The normalized spacial score (nSPS) is 11.0. The van der Waals surface area contributed by atoms with E-state index in [1.165, 1.54) is 14.0 Å². The summed E-state index contributed by atoms with van der Waals surface area (Å²) in [5, 5.41) is 2.51. The molecule has 26 heavy (non-hydrogen) atoms. The molecule has 0 spiro atoms. The van der Waals surface area contributed by atoms with E-state index in [4.69, 9.17) is 9.47 Å². The Morgan fingerprint density at radius 3 is 2.23 bits per heavy atom. The zero-order chi connectivity index (χ0) is 19.1. The second-order valence-electron chi connectivity index (χ2n) is 5.98. The van der Waals surface area contributed by atoms with Crippen LogP contribution in [0.15, 0.2) is 48.2 Å². The molecule has 0 aromatic heterocycles. The van der Waals surface area contributed by atoms with Gasteiger partial charge in [-0.15, -0.1) is 0 Å². The van der Waals surface area contributed by atoms with Crippen molar-refractivity contribution in [3.8, 4) is 5.75 Å². The van der Waals surface area contributed by atoms with Gasteiger partial charge in [0.05, 0.1) is 7.11 Å². The molecule has 0 radical (unpaired) electrons. The molecule has 2 aromatic rings. The fourth-order valence-electron chi connectivity index (χ4n) is 2.58. The standard InChI is InChI=1S/C21H23NO4/c1-14-10-18(26-13-17-8-6-5-7-9-17)11-15(2)19(14)12-20(21(24)25-4)22-16(3)23/h5-12H,13H2,1-4H3,(H,22,23)/b20-12-. The monoisotopic (exact) mass is 353 g/mol. The SMILES string of the molecule is COC(=O)/C(=C/c1c(C)cc(OCc2ccccc2)cc1C)NC(C)=O. The molecular weight excluding hydrogens is 330 g/mol. The van der Waals surface area contributed by atoms with E-state index in [9.17, 15) is 9.59 Å². The molecule has 0 bridgehead atoms. The predicted octanol–water partition coefficient (Wildman–Crippen LogP) is 3.53. The van der Waals surface area contributed by atoms with Gasteiger partial charge in [0.25, 0.3) is 0 Å². The maximum absolute atomic E-state index is 11.9. The van der Waals surface area contributed by atoms with Crippen LogP contribution in [0.3, 0.4) is 0 Å². The van der Waals surface area contributed by atoms with Crippen LogP contribution in [0.4, 0.5) is 0 Å². The van der Waals surface area contributed by atoms with Gasteiger partial charge in [-0.05, 0) is 54.3 Å². The number of ether oxygens (including phenoxy) is 2. The average molecular weight is 353 g/mol. The van der Waals surface area contributed by atoms with E-state index < -0.39 is 5.97 Å². The summed E-state index contributed by atoms with van der Waals surface area (Å²) in [4.78, 5) is 23.2. The topological polar surface area (TPSA) is 64.6 Å². The lowest BCUT2D eigenvalue weighted by Gasteiger charge is -2.13. The number of benzene rings is 2. The number of aryl methyl sites for hydroxylation is 2. The predicted molar refractivity (Wildman–Crippen MR) is 100 cm³/mol. The summed E-state index contributed by atoms with van der Waals surface area (Å²) < 4.78 is 10.6. The van der Waals surface area contributed by atoms with Gasteiger partial charge in [0, 0.05) is 6.92 Å². The van der Waals surface area contributed by atoms with Crippen LogP contribution >= 0.6 is 0 Å². The van der Waals surface area contributed by atoms with E-state index in [1.54, 1.807) is 6.08 Å². The summed E-state index contributed by atoms with van der Waals surface area (Å²) in [6.45, 7) is 5.68. The number of esters is 1. The lowest BCUT2D eigenvalue weighted by Crippen LogP contribution is -2.25. The summed E-state index contributed by atoms with van der Waals surface area (Å²) in [5.41, 5.74) is 3.89. The first-order chi connectivity index (χ1) is 12.4. The van der Waals surface area contributed by atoms with Crippen molar-refractivity contribution in [3.63, 3.8) is 0 Å². The van der Waals surface area contributed by atoms with Gasteiger partial charge in [-0.1, -0.05) is 30.3 Å². The summed E-state index contributed by atoms with van der Waals surface area (Å²) in [5.74, 6) is -0.177. The van der Waals surface area contributed by atoms with E-state index in [0.29, 0.717) is 6.61 Å². The fourth-order valence-corrected chi connectivity index (χ4v) is 2.58. The van der Waals surface area contributed by atoms with Crippen LogP contribution in [-0.2, 0) is 20.9 Å². The summed E-state index contributed by atoms with van der Waals surface area (Å²) >= 11 is 0. The van der Waals surface area contributed by atoms with Crippen LogP contribution in [0.25, 0.3) is 6.08 Å².